The third-order valence-corrected chi connectivity index (χ3v) is 3.41. The first-order chi connectivity index (χ1) is 9.36. The van der Waals surface area contributed by atoms with E-state index in [9.17, 15) is 13.2 Å². The van der Waals surface area contributed by atoms with Crippen molar-refractivity contribution in [3.63, 3.8) is 0 Å². The van der Waals surface area contributed by atoms with Crippen LogP contribution in [0.15, 0.2) is 26.7 Å². The average molecular weight is 304 g/mol. The van der Waals surface area contributed by atoms with Crippen LogP contribution in [0.3, 0.4) is 0 Å². The molecule has 0 aliphatic rings. The Bertz CT molecular complexity index is 612. The standard InChI is InChI=1S/C12H11F3N2O2S/c1-5-6(2)18-12(17-5)20-10-4-9(19-11(14)15)7(13)3-8(10)16/h3-4,11H,16H2,1-2H3. The highest BCUT2D eigenvalue weighted by Gasteiger charge is 2.16. The molecule has 0 saturated carbocycles. The lowest BCUT2D eigenvalue weighted by Crippen LogP contribution is -2.04. The quantitative estimate of drug-likeness (QED) is 0.871. The number of nitrogens with two attached hydrogens (primary N) is 1. The number of halogens is 3. The van der Waals surface area contributed by atoms with Crippen LogP contribution in [0, 0.1) is 19.7 Å². The molecule has 0 radical (unpaired) electrons. The minimum Gasteiger partial charge on any atom is -0.436 e. The van der Waals surface area contributed by atoms with Crippen LogP contribution < -0.4 is 10.5 Å². The number of hydrogen-bond donors (Lipinski definition) is 1. The topological polar surface area (TPSA) is 61.3 Å². The summed E-state index contributed by atoms with van der Waals surface area (Å²) in [5, 5.41) is 0.293. The molecule has 1 heterocycles. The van der Waals surface area contributed by atoms with Gasteiger partial charge in [0.2, 0.25) is 0 Å². The van der Waals surface area contributed by atoms with Crippen molar-refractivity contribution >= 4 is 17.4 Å². The van der Waals surface area contributed by atoms with Crippen molar-refractivity contribution in [1.29, 1.82) is 0 Å². The van der Waals surface area contributed by atoms with Crippen molar-refractivity contribution in [2.45, 2.75) is 30.6 Å². The number of ether oxygens (including phenoxy) is 1. The SMILES string of the molecule is Cc1nc(Sc2cc(OC(F)F)c(F)cc2N)oc1C. The molecule has 1 aromatic heterocycles. The molecule has 108 valence electrons. The molecule has 0 aliphatic carbocycles. The number of benzene rings is 1. The highest BCUT2D eigenvalue weighted by Crippen LogP contribution is 2.36. The molecule has 0 saturated heterocycles. The van der Waals surface area contributed by atoms with Gasteiger partial charge in [-0.2, -0.15) is 8.78 Å². The van der Waals surface area contributed by atoms with E-state index in [1.807, 2.05) is 0 Å². The fraction of sp³-hybridized carbons (Fsp3) is 0.250. The van der Waals surface area contributed by atoms with E-state index >= 15 is 0 Å². The van der Waals surface area contributed by atoms with Gasteiger partial charge in [-0.3, -0.25) is 0 Å². The van der Waals surface area contributed by atoms with Gasteiger partial charge in [0.25, 0.3) is 5.22 Å². The Morgan fingerprint density at radius 1 is 1.35 bits per heavy atom. The second-order valence-electron chi connectivity index (χ2n) is 3.92. The lowest BCUT2D eigenvalue weighted by molar-refractivity contribution is -0.0523. The van der Waals surface area contributed by atoms with E-state index in [2.05, 4.69) is 9.72 Å². The van der Waals surface area contributed by atoms with Crippen molar-refractivity contribution in [2.75, 3.05) is 5.73 Å². The second kappa shape index (κ2) is 5.66. The summed E-state index contributed by atoms with van der Waals surface area (Å²) in [7, 11) is 0. The number of aromatic nitrogens is 1. The molecule has 0 amide bonds. The van der Waals surface area contributed by atoms with E-state index in [-0.39, 0.29) is 5.69 Å². The molecule has 4 nitrogen and oxygen atoms in total. The van der Waals surface area contributed by atoms with Crippen molar-refractivity contribution in [1.82, 2.24) is 4.98 Å². The number of rotatable bonds is 4. The zero-order valence-electron chi connectivity index (χ0n) is 10.6. The zero-order valence-corrected chi connectivity index (χ0v) is 11.4. The molecular formula is C12H11F3N2O2S. The summed E-state index contributed by atoms with van der Waals surface area (Å²) in [6, 6.07) is 2.01. The van der Waals surface area contributed by atoms with E-state index in [1.165, 1.54) is 0 Å². The average Bonchev–Trinajstić information content (AvgIpc) is 2.64. The largest absolute Gasteiger partial charge is 0.436 e. The number of alkyl halides is 2. The van der Waals surface area contributed by atoms with Gasteiger partial charge < -0.3 is 14.9 Å². The minimum absolute atomic E-state index is 0.0858. The van der Waals surface area contributed by atoms with Crippen molar-refractivity contribution in [2.24, 2.45) is 0 Å². The Kier molecular flexibility index (Phi) is 4.12. The van der Waals surface area contributed by atoms with Gasteiger partial charge in [-0.15, -0.1) is 0 Å². The van der Waals surface area contributed by atoms with Crippen LogP contribution in [0.1, 0.15) is 11.5 Å². The van der Waals surface area contributed by atoms with Crippen molar-refractivity contribution in [3.8, 4) is 5.75 Å². The number of oxazole rings is 1. The Balaban J connectivity index is 2.31. The monoisotopic (exact) mass is 304 g/mol. The van der Waals surface area contributed by atoms with E-state index in [4.69, 9.17) is 10.2 Å². The maximum atomic E-state index is 13.4. The molecule has 2 aromatic rings. The van der Waals surface area contributed by atoms with E-state index < -0.39 is 18.2 Å². The lowest BCUT2D eigenvalue weighted by Gasteiger charge is -2.09. The van der Waals surface area contributed by atoms with Crippen molar-refractivity contribution in [3.05, 3.63) is 29.4 Å². The molecule has 8 heteroatoms. The number of nitrogens with zero attached hydrogens (tertiary/aromatic N) is 1. The Labute approximate surface area is 117 Å². The van der Waals surface area contributed by atoms with Gasteiger partial charge in [0.1, 0.15) is 5.76 Å². The van der Waals surface area contributed by atoms with Crippen LogP contribution in [-0.4, -0.2) is 11.6 Å². The predicted molar refractivity (Wildman–Crippen MR) is 67.5 cm³/mol. The summed E-state index contributed by atoms with van der Waals surface area (Å²) in [6.45, 7) is 0.394. The zero-order chi connectivity index (χ0) is 14.9. The van der Waals surface area contributed by atoms with E-state index in [1.54, 1.807) is 13.8 Å². The molecule has 0 atom stereocenters. The molecule has 0 aliphatic heterocycles. The Morgan fingerprint density at radius 2 is 2.05 bits per heavy atom. The summed E-state index contributed by atoms with van der Waals surface area (Å²) >= 11 is 1.00. The summed E-state index contributed by atoms with van der Waals surface area (Å²) in [5.74, 6) is -0.888. The predicted octanol–water partition coefficient (Wildman–Crippen LogP) is 3.77. The number of nitrogen functional groups attached to an aromatic ring is 1. The van der Waals surface area contributed by atoms with Gasteiger partial charge in [0, 0.05) is 16.6 Å². The maximum Gasteiger partial charge on any atom is 0.387 e. The highest BCUT2D eigenvalue weighted by atomic mass is 32.2. The molecule has 0 unspecified atom stereocenters. The van der Waals surface area contributed by atoms with Crippen LogP contribution in [0.2, 0.25) is 0 Å². The van der Waals surface area contributed by atoms with Crippen LogP contribution in [0.25, 0.3) is 0 Å². The van der Waals surface area contributed by atoms with Crippen molar-refractivity contribution < 1.29 is 22.3 Å². The first-order valence-electron chi connectivity index (χ1n) is 5.52. The molecule has 20 heavy (non-hydrogen) atoms. The van der Waals surface area contributed by atoms with Gasteiger partial charge in [0.05, 0.1) is 5.69 Å². The molecule has 1 aromatic carbocycles. The van der Waals surface area contributed by atoms with Gasteiger partial charge in [0.15, 0.2) is 11.6 Å². The molecular weight excluding hydrogens is 293 g/mol. The van der Waals surface area contributed by atoms with Crippen LogP contribution >= 0.6 is 11.8 Å². The maximum absolute atomic E-state index is 13.4. The van der Waals surface area contributed by atoms with Crippen LogP contribution in [-0.2, 0) is 0 Å². The minimum atomic E-state index is -3.11. The molecule has 0 spiro atoms. The van der Waals surface area contributed by atoms with Gasteiger partial charge >= 0.3 is 6.61 Å². The Hall–Kier alpha value is -1.83. The first-order valence-corrected chi connectivity index (χ1v) is 6.34. The lowest BCUT2D eigenvalue weighted by atomic mass is 10.3. The molecule has 2 rings (SSSR count). The van der Waals surface area contributed by atoms with Crippen LogP contribution in [0.4, 0.5) is 18.9 Å². The number of aryl methyl sites for hydroxylation is 2. The normalized spacial score (nSPS) is 11.1. The molecule has 2 N–H and O–H groups in total. The first kappa shape index (κ1) is 14.6. The highest BCUT2D eigenvalue weighted by molar-refractivity contribution is 7.99. The molecule has 0 bridgehead atoms. The molecule has 0 fully saturated rings. The van der Waals surface area contributed by atoms with E-state index in [0.717, 1.165) is 23.9 Å². The number of hydrogen-bond acceptors (Lipinski definition) is 5. The summed E-state index contributed by atoms with van der Waals surface area (Å²) in [4.78, 5) is 4.44. The van der Waals surface area contributed by atoms with Crippen LogP contribution in [0.5, 0.6) is 5.75 Å². The van der Waals surface area contributed by atoms with E-state index in [0.29, 0.717) is 21.6 Å². The fourth-order valence-electron chi connectivity index (χ4n) is 1.41. The summed E-state index contributed by atoms with van der Waals surface area (Å²) < 4.78 is 47.1. The smallest absolute Gasteiger partial charge is 0.387 e. The third kappa shape index (κ3) is 3.19. The Morgan fingerprint density at radius 3 is 2.60 bits per heavy atom. The van der Waals surface area contributed by atoms with Gasteiger partial charge in [-0.1, -0.05) is 0 Å². The second-order valence-corrected chi connectivity index (χ2v) is 4.92. The number of anilines is 1. The third-order valence-electron chi connectivity index (χ3n) is 2.49. The fourth-order valence-corrected chi connectivity index (χ4v) is 2.29. The summed E-state index contributed by atoms with van der Waals surface area (Å²) in [6.07, 6.45) is 0. The van der Waals surface area contributed by atoms with Gasteiger partial charge in [-0.25, -0.2) is 9.37 Å². The van der Waals surface area contributed by atoms with Gasteiger partial charge in [-0.05, 0) is 31.7 Å². The summed E-state index contributed by atoms with van der Waals surface area (Å²) in [5.41, 5.74) is 6.43.